The predicted octanol–water partition coefficient (Wildman–Crippen LogP) is 4.54. The molecule has 0 unspecified atom stereocenters. The summed E-state index contributed by atoms with van der Waals surface area (Å²) in [4.78, 5) is 0. The van der Waals surface area contributed by atoms with Crippen LogP contribution in [0.3, 0.4) is 0 Å². The maximum atomic E-state index is 10.1. The van der Waals surface area contributed by atoms with Gasteiger partial charge in [0.05, 0.1) is 11.1 Å². The lowest BCUT2D eigenvalue weighted by molar-refractivity contribution is 0.465. The van der Waals surface area contributed by atoms with Crippen molar-refractivity contribution in [1.29, 1.82) is 0 Å². The standard InChI is InChI=1S/C18H13NO2/c19-17-13-9-5-4-8-12(13)16-14(20)10-21-18(16)15(17)11-6-2-1-3-7-11/h1-10,20H,19H2. The molecule has 0 bridgehead atoms. The van der Waals surface area contributed by atoms with Crippen molar-refractivity contribution in [2.75, 3.05) is 5.73 Å². The van der Waals surface area contributed by atoms with Crippen molar-refractivity contribution < 1.29 is 9.52 Å². The van der Waals surface area contributed by atoms with Gasteiger partial charge in [-0.25, -0.2) is 0 Å². The second kappa shape index (κ2) is 4.28. The summed E-state index contributed by atoms with van der Waals surface area (Å²) in [5.41, 5.74) is 9.47. The molecule has 0 saturated heterocycles. The monoisotopic (exact) mass is 275 g/mol. The maximum Gasteiger partial charge on any atom is 0.162 e. The minimum absolute atomic E-state index is 0.137. The van der Waals surface area contributed by atoms with Crippen LogP contribution in [0.4, 0.5) is 5.69 Å². The van der Waals surface area contributed by atoms with Gasteiger partial charge < -0.3 is 15.3 Å². The van der Waals surface area contributed by atoms with Crippen molar-refractivity contribution in [3.8, 4) is 16.9 Å². The highest BCUT2D eigenvalue weighted by Crippen LogP contribution is 2.44. The van der Waals surface area contributed by atoms with Gasteiger partial charge in [-0.15, -0.1) is 0 Å². The molecule has 0 atom stereocenters. The zero-order valence-corrected chi connectivity index (χ0v) is 11.2. The summed E-state index contributed by atoms with van der Waals surface area (Å²) in [5.74, 6) is 0.137. The Hall–Kier alpha value is -2.94. The fraction of sp³-hybridized carbons (Fsp3) is 0. The lowest BCUT2D eigenvalue weighted by Gasteiger charge is -2.11. The normalized spacial score (nSPS) is 11.2. The third-order valence-corrected chi connectivity index (χ3v) is 3.82. The van der Waals surface area contributed by atoms with Crippen LogP contribution in [0.2, 0.25) is 0 Å². The summed E-state index contributed by atoms with van der Waals surface area (Å²) in [6.45, 7) is 0. The second-order valence-electron chi connectivity index (χ2n) is 5.03. The Morgan fingerprint density at radius 1 is 0.857 bits per heavy atom. The number of hydrogen-bond donors (Lipinski definition) is 2. The molecule has 21 heavy (non-hydrogen) atoms. The summed E-state index contributed by atoms with van der Waals surface area (Å²) in [7, 11) is 0. The molecule has 1 heterocycles. The van der Waals surface area contributed by atoms with E-state index >= 15 is 0 Å². The Kier molecular flexibility index (Phi) is 2.42. The molecule has 0 saturated carbocycles. The molecule has 3 aromatic carbocycles. The second-order valence-corrected chi connectivity index (χ2v) is 5.03. The molecule has 4 aromatic rings. The van der Waals surface area contributed by atoms with Crippen LogP contribution in [0.5, 0.6) is 5.75 Å². The molecule has 0 amide bonds. The molecule has 0 aliphatic carbocycles. The average Bonchev–Trinajstić information content (AvgIpc) is 2.91. The zero-order valence-electron chi connectivity index (χ0n) is 11.2. The Bertz CT molecular complexity index is 955. The molecule has 0 aliphatic rings. The summed E-state index contributed by atoms with van der Waals surface area (Å²) in [6, 6.07) is 17.6. The van der Waals surface area contributed by atoms with Crippen molar-refractivity contribution in [3.63, 3.8) is 0 Å². The Morgan fingerprint density at radius 3 is 2.29 bits per heavy atom. The number of furan rings is 1. The van der Waals surface area contributed by atoms with Gasteiger partial charge in [-0.1, -0.05) is 54.6 Å². The topological polar surface area (TPSA) is 59.4 Å². The highest BCUT2D eigenvalue weighted by atomic mass is 16.4. The largest absolute Gasteiger partial charge is 0.504 e. The van der Waals surface area contributed by atoms with Crippen LogP contribution in [0.15, 0.2) is 65.3 Å². The molecule has 3 nitrogen and oxygen atoms in total. The fourth-order valence-corrected chi connectivity index (χ4v) is 2.88. The third-order valence-electron chi connectivity index (χ3n) is 3.82. The van der Waals surface area contributed by atoms with Crippen LogP contribution in [-0.4, -0.2) is 5.11 Å². The van der Waals surface area contributed by atoms with Gasteiger partial charge in [-0.3, -0.25) is 0 Å². The van der Waals surface area contributed by atoms with Crippen LogP contribution >= 0.6 is 0 Å². The number of fused-ring (bicyclic) bond motifs is 3. The van der Waals surface area contributed by atoms with Crippen molar-refractivity contribution in [2.45, 2.75) is 0 Å². The van der Waals surface area contributed by atoms with Gasteiger partial charge >= 0.3 is 0 Å². The van der Waals surface area contributed by atoms with Crippen molar-refractivity contribution in [3.05, 3.63) is 60.9 Å². The van der Waals surface area contributed by atoms with E-state index in [0.29, 0.717) is 16.7 Å². The first-order valence-electron chi connectivity index (χ1n) is 6.73. The minimum atomic E-state index is 0.137. The molecule has 0 radical (unpaired) electrons. The Morgan fingerprint density at radius 2 is 1.52 bits per heavy atom. The van der Waals surface area contributed by atoms with Crippen LogP contribution in [0.25, 0.3) is 32.9 Å². The van der Waals surface area contributed by atoms with E-state index in [9.17, 15) is 5.11 Å². The molecule has 0 fully saturated rings. The molecule has 1 aromatic heterocycles. The van der Waals surface area contributed by atoms with E-state index in [1.54, 1.807) is 0 Å². The summed E-state index contributed by atoms with van der Waals surface area (Å²) < 4.78 is 5.59. The first-order valence-corrected chi connectivity index (χ1v) is 6.73. The number of aromatic hydroxyl groups is 1. The van der Waals surface area contributed by atoms with Gasteiger partial charge in [0.25, 0.3) is 0 Å². The number of rotatable bonds is 1. The van der Waals surface area contributed by atoms with E-state index in [1.807, 2.05) is 54.6 Å². The Labute approximate surface area is 121 Å². The molecular formula is C18H13NO2. The summed E-state index contributed by atoms with van der Waals surface area (Å²) in [5, 5.41) is 12.7. The summed E-state index contributed by atoms with van der Waals surface area (Å²) in [6.07, 6.45) is 1.36. The van der Waals surface area contributed by atoms with Gasteiger partial charge in [-0.05, 0) is 10.9 Å². The van der Waals surface area contributed by atoms with Crippen LogP contribution in [0, 0.1) is 0 Å². The Balaban J connectivity index is 2.26. The number of benzene rings is 3. The van der Waals surface area contributed by atoms with Gasteiger partial charge in [0.2, 0.25) is 0 Å². The molecular weight excluding hydrogens is 262 g/mol. The van der Waals surface area contributed by atoms with E-state index in [-0.39, 0.29) is 5.75 Å². The average molecular weight is 275 g/mol. The van der Waals surface area contributed by atoms with Gasteiger partial charge in [0, 0.05) is 10.9 Å². The van der Waals surface area contributed by atoms with Crippen molar-refractivity contribution in [2.24, 2.45) is 0 Å². The number of anilines is 1. The van der Waals surface area contributed by atoms with Crippen LogP contribution in [-0.2, 0) is 0 Å². The van der Waals surface area contributed by atoms with E-state index in [4.69, 9.17) is 10.2 Å². The number of nitrogens with two attached hydrogens (primary N) is 1. The minimum Gasteiger partial charge on any atom is -0.504 e. The molecule has 0 aliphatic heterocycles. The van der Waals surface area contributed by atoms with E-state index < -0.39 is 0 Å². The molecule has 4 rings (SSSR count). The quantitative estimate of drug-likeness (QED) is 0.501. The first-order chi connectivity index (χ1) is 10.3. The van der Waals surface area contributed by atoms with Gasteiger partial charge in [0.15, 0.2) is 5.75 Å². The molecule has 0 spiro atoms. The zero-order chi connectivity index (χ0) is 14.4. The molecule has 3 N–H and O–H groups in total. The van der Waals surface area contributed by atoms with Crippen LogP contribution < -0.4 is 5.73 Å². The summed E-state index contributed by atoms with van der Waals surface area (Å²) >= 11 is 0. The predicted molar refractivity (Wildman–Crippen MR) is 85.2 cm³/mol. The first kappa shape index (κ1) is 11.9. The SMILES string of the molecule is Nc1c(-c2ccccc2)c2occ(O)c2c2ccccc12. The third kappa shape index (κ3) is 1.61. The lowest BCUT2D eigenvalue weighted by Crippen LogP contribution is -1.93. The van der Waals surface area contributed by atoms with E-state index in [2.05, 4.69) is 0 Å². The number of nitrogen functional groups attached to an aromatic ring is 1. The van der Waals surface area contributed by atoms with Gasteiger partial charge in [0.1, 0.15) is 11.8 Å². The highest BCUT2D eigenvalue weighted by Gasteiger charge is 2.18. The van der Waals surface area contributed by atoms with E-state index in [0.717, 1.165) is 21.9 Å². The van der Waals surface area contributed by atoms with E-state index in [1.165, 1.54) is 6.26 Å². The smallest absolute Gasteiger partial charge is 0.162 e. The molecule has 3 heteroatoms. The lowest BCUT2D eigenvalue weighted by atomic mass is 9.95. The van der Waals surface area contributed by atoms with Crippen molar-refractivity contribution in [1.82, 2.24) is 0 Å². The number of hydrogen-bond acceptors (Lipinski definition) is 3. The van der Waals surface area contributed by atoms with Crippen molar-refractivity contribution >= 4 is 27.4 Å². The highest BCUT2D eigenvalue weighted by molar-refractivity contribution is 6.20. The fourth-order valence-electron chi connectivity index (χ4n) is 2.88. The maximum absolute atomic E-state index is 10.1. The van der Waals surface area contributed by atoms with Crippen LogP contribution in [0.1, 0.15) is 0 Å². The van der Waals surface area contributed by atoms with Gasteiger partial charge in [-0.2, -0.15) is 0 Å². The molecule has 102 valence electrons.